The molecule has 200 valence electrons. The van der Waals surface area contributed by atoms with E-state index >= 15 is 0 Å². The molecule has 0 bridgehead atoms. The lowest BCUT2D eigenvalue weighted by molar-refractivity contribution is -0.386. The first kappa shape index (κ1) is 26.9. The molecule has 1 aliphatic rings. The van der Waals surface area contributed by atoms with Crippen molar-refractivity contribution in [3.8, 4) is 5.75 Å². The molecule has 1 atom stereocenters. The molecule has 0 aliphatic carbocycles. The van der Waals surface area contributed by atoms with Crippen LogP contribution in [0, 0.1) is 24.0 Å². The topological polar surface area (TPSA) is 128 Å². The van der Waals surface area contributed by atoms with Gasteiger partial charge >= 0.3 is 5.69 Å². The molecule has 1 aromatic carbocycles. The molecule has 3 aromatic rings. The van der Waals surface area contributed by atoms with Gasteiger partial charge < -0.3 is 4.74 Å². The van der Waals surface area contributed by atoms with Crippen LogP contribution in [-0.4, -0.2) is 56.9 Å². The summed E-state index contributed by atoms with van der Waals surface area (Å²) in [5.41, 5.74) is 6.21. The molecule has 3 heterocycles. The maximum absolute atomic E-state index is 12.5. The summed E-state index contributed by atoms with van der Waals surface area (Å²) >= 11 is 0. The van der Waals surface area contributed by atoms with Crippen LogP contribution in [0.4, 0.5) is 5.69 Å². The quantitative estimate of drug-likeness (QED) is 0.244. The molecule has 38 heavy (non-hydrogen) atoms. The average Bonchev–Trinajstić information content (AvgIpc) is 3.20. The Bertz CT molecular complexity index is 1310. The van der Waals surface area contributed by atoms with Crippen molar-refractivity contribution in [1.82, 2.24) is 25.1 Å². The molecule has 11 heteroatoms. The predicted molar refractivity (Wildman–Crippen MR) is 143 cm³/mol. The van der Waals surface area contributed by atoms with Crippen LogP contribution in [0.15, 0.2) is 47.8 Å². The van der Waals surface area contributed by atoms with Crippen LogP contribution in [0.5, 0.6) is 5.75 Å². The second-order valence-electron chi connectivity index (χ2n) is 9.38. The minimum Gasteiger partial charge on any atom is -0.496 e. The van der Waals surface area contributed by atoms with E-state index in [9.17, 15) is 14.9 Å². The number of pyridine rings is 1. The second-order valence-corrected chi connectivity index (χ2v) is 9.38. The van der Waals surface area contributed by atoms with Gasteiger partial charge in [0.15, 0.2) is 0 Å². The Kier molecular flexibility index (Phi) is 8.80. The van der Waals surface area contributed by atoms with E-state index in [-0.39, 0.29) is 17.6 Å². The van der Waals surface area contributed by atoms with E-state index < -0.39 is 4.92 Å². The summed E-state index contributed by atoms with van der Waals surface area (Å²) in [5, 5.41) is 19.8. The van der Waals surface area contributed by atoms with Gasteiger partial charge in [0.2, 0.25) is 5.91 Å². The van der Waals surface area contributed by atoms with Gasteiger partial charge in [0.25, 0.3) is 0 Å². The van der Waals surface area contributed by atoms with Gasteiger partial charge in [-0.2, -0.15) is 10.2 Å². The number of aromatic nitrogens is 3. The summed E-state index contributed by atoms with van der Waals surface area (Å²) in [6.45, 7) is 5.21. The number of amides is 1. The zero-order valence-electron chi connectivity index (χ0n) is 22.0. The SMILES string of the molecule is COc1ccc(/C=N/NC(=O)CCN2CCCCC2c2cccnc2)cc1Cn1nc(C)c([N+](=O)[O-])c1C. The molecule has 1 N–H and O–H groups in total. The van der Waals surface area contributed by atoms with Crippen LogP contribution in [0.1, 0.15) is 59.8 Å². The number of hydrogen-bond acceptors (Lipinski definition) is 8. The summed E-state index contributed by atoms with van der Waals surface area (Å²) in [6.07, 6.45) is 8.97. The van der Waals surface area contributed by atoms with Gasteiger partial charge in [-0.1, -0.05) is 12.5 Å². The molecule has 4 rings (SSSR count). The van der Waals surface area contributed by atoms with E-state index in [0.29, 0.717) is 36.6 Å². The molecule has 1 aliphatic heterocycles. The van der Waals surface area contributed by atoms with Crippen LogP contribution in [-0.2, 0) is 11.3 Å². The third-order valence-corrected chi connectivity index (χ3v) is 6.86. The van der Waals surface area contributed by atoms with E-state index in [1.165, 1.54) is 12.0 Å². The number of nitrogens with zero attached hydrogens (tertiary/aromatic N) is 6. The zero-order valence-corrected chi connectivity index (χ0v) is 22.0. The molecule has 0 saturated carbocycles. The number of nitro groups is 1. The number of methoxy groups -OCH3 is 1. The zero-order chi connectivity index (χ0) is 27.1. The Morgan fingerprint density at radius 3 is 2.87 bits per heavy atom. The Hall–Kier alpha value is -4.12. The standard InChI is InChI=1S/C27H33N7O4/c1-19-27(34(36)37)20(2)33(31-19)18-23-15-21(9-10-25(23)38-3)16-29-30-26(35)11-14-32-13-5-4-8-24(32)22-7-6-12-28-17-22/h6-7,9-10,12,15-17,24H,4-5,8,11,13-14,18H2,1-3H3,(H,30,35)/b29-16+. The fraction of sp³-hybridized carbons (Fsp3) is 0.407. The van der Waals surface area contributed by atoms with Gasteiger partial charge in [0.05, 0.1) is 24.8 Å². The molecule has 11 nitrogen and oxygen atoms in total. The van der Waals surface area contributed by atoms with Crippen molar-refractivity contribution in [3.63, 3.8) is 0 Å². The smallest absolute Gasteiger partial charge is 0.312 e. The van der Waals surface area contributed by atoms with Crippen molar-refractivity contribution in [2.45, 2.75) is 52.1 Å². The van der Waals surface area contributed by atoms with Crippen molar-refractivity contribution in [2.24, 2.45) is 5.10 Å². The van der Waals surface area contributed by atoms with E-state index in [2.05, 4.69) is 31.6 Å². The predicted octanol–water partition coefficient (Wildman–Crippen LogP) is 3.93. The van der Waals surface area contributed by atoms with Gasteiger partial charge in [-0.25, -0.2) is 5.43 Å². The number of carbonyl (C=O) groups excluding carboxylic acids is 1. The van der Waals surface area contributed by atoms with Crippen molar-refractivity contribution in [3.05, 3.63) is 80.9 Å². The minimum atomic E-state index is -0.415. The third-order valence-electron chi connectivity index (χ3n) is 6.86. The monoisotopic (exact) mass is 519 g/mol. The van der Waals surface area contributed by atoms with Gasteiger partial charge in [-0.3, -0.25) is 29.5 Å². The highest BCUT2D eigenvalue weighted by Gasteiger charge is 2.24. The largest absolute Gasteiger partial charge is 0.496 e. The molecule has 1 amide bonds. The highest BCUT2D eigenvalue weighted by atomic mass is 16.6. The van der Waals surface area contributed by atoms with Crippen molar-refractivity contribution in [1.29, 1.82) is 0 Å². The lowest BCUT2D eigenvalue weighted by Crippen LogP contribution is -2.36. The molecular weight excluding hydrogens is 486 g/mol. The maximum Gasteiger partial charge on any atom is 0.312 e. The van der Waals surface area contributed by atoms with Crippen LogP contribution in [0.3, 0.4) is 0 Å². The first-order valence-corrected chi connectivity index (χ1v) is 12.7. The fourth-order valence-corrected chi connectivity index (χ4v) is 4.96. The number of piperidine rings is 1. The number of likely N-dealkylation sites (tertiary alicyclic amines) is 1. The molecule has 0 radical (unpaired) electrons. The van der Waals surface area contributed by atoms with Gasteiger partial charge in [0, 0.05) is 37.0 Å². The van der Waals surface area contributed by atoms with Crippen molar-refractivity contribution in [2.75, 3.05) is 20.2 Å². The Labute approximate surface area is 221 Å². The maximum atomic E-state index is 12.5. The van der Waals surface area contributed by atoms with Crippen molar-refractivity contribution < 1.29 is 14.5 Å². The summed E-state index contributed by atoms with van der Waals surface area (Å²) in [6, 6.07) is 9.83. The van der Waals surface area contributed by atoms with E-state index in [0.717, 1.165) is 30.5 Å². The van der Waals surface area contributed by atoms with E-state index in [4.69, 9.17) is 4.74 Å². The lowest BCUT2D eigenvalue weighted by Gasteiger charge is -2.35. The lowest BCUT2D eigenvalue weighted by atomic mass is 9.96. The van der Waals surface area contributed by atoms with Crippen LogP contribution >= 0.6 is 0 Å². The number of hydrogen-bond donors (Lipinski definition) is 1. The summed E-state index contributed by atoms with van der Waals surface area (Å²) in [5.74, 6) is 0.478. The van der Waals surface area contributed by atoms with Crippen LogP contribution in [0.2, 0.25) is 0 Å². The Balaban J connectivity index is 1.36. The number of nitrogens with one attached hydrogen (secondary N) is 1. The van der Waals surface area contributed by atoms with Crippen LogP contribution < -0.4 is 10.2 Å². The number of rotatable bonds is 10. The highest BCUT2D eigenvalue weighted by Crippen LogP contribution is 2.30. The summed E-state index contributed by atoms with van der Waals surface area (Å²) in [4.78, 5) is 30.0. The molecule has 1 fully saturated rings. The molecular formula is C27H33N7O4. The van der Waals surface area contributed by atoms with Crippen molar-refractivity contribution >= 4 is 17.8 Å². The molecule has 1 unspecified atom stereocenters. The number of aryl methyl sites for hydroxylation is 1. The van der Waals surface area contributed by atoms with Crippen LogP contribution in [0.25, 0.3) is 0 Å². The number of ether oxygens (including phenoxy) is 1. The summed E-state index contributed by atoms with van der Waals surface area (Å²) < 4.78 is 7.06. The minimum absolute atomic E-state index is 0.0145. The first-order chi connectivity index (χ1) is 18.4. The van der Waals surface area contributed by atoms with E-state index in [1.807, 2.05) is 24.4 Å². The number of carbonyl (C=O) groups is 1. The fourth-order valence-electron chi connectivity index (χ4n) is 4.96. The van der Waals surface area contributed by atoms with Gasteiger partial charge in [0.1, 0.15) is 17.1 Å². The first-order valence-electron chi connectivity index (χ1n) is 12.7. The normalized spacial score (nSPS) is 16.0. The van der Waals surface area contributed by atoms with Gasteiger partial charge in [-0.15, -0.1) is 0 Å². The molecule has 2 aromatic heterocycles. The third kappa shape index (κ3) is 6.41. The summed E-state index contributed by atoms with van der Waals surface area (Å²) in [7, 11) is 1.57. The molecule has 0 spiro atoms. The molecule has 1 saturated heterocycles. The van der Waals surface area contributed by atoms with Gasteiger partial charge in [-0.05, 0) is 68.6 Å². The van der Waals surface area contributed by atoms with E-state index in [1.54, 1.807) is 44.1 Å². The average molecular weight is 520 g/mol. The second kappa shape index (κ2) is 12.4. The Morgan fingerprint density at radius 1 is 1.32 bits per heavy atom. The number of hydrazone groups is 1. The Morgan fingerprint density at radius 2 is 2.16 bits per heavy atom. The highest BCUT2D eigenvalue weighted by molar-refractivity contribution is 5.83. The number of benzene rings is 1.